The lowest BCUT2D eigenvalue weighted by molar-refractivity contribution is 0.0897. The van der Waals surface area contributed by atoms with E-state index in [0.717, 1.165) is 48.0 Å². The van der Waals surface area contributed by atoms with Gasteiger partial charge in [0.1, 0.15) is 0 Å². The number of hydrogen-bond acceptors (Lipinski definition) is 3. The van der Waals surface area contributed by atoms with Crippen LogP contribution in [0, 0.1) is 13.8 Å². The maximum absolute atomic E-state index is 12.6. The Kier molecular flexibility index (Phi) is 5.94. The number of H-pyrrole nitrogens is 1. The molecule has 1 aliphatic heterocycles. The second-order valence-electron chi connectivity index (χ2n) is 7.02. The summed E-state index contributed by atoms with van der Waals surface area (Å²) in [5.74, 6) is 0. The van der Waals surface area contributed by atoms with Crippen LogP contribution in [-0.2, 0) is 11.3 Å². The van der Waals surface area contributed by atoms with E-state index in [4.69, 9.17) is 17.0 Å². The molecule has 1 fully saturated rings. The molecule has 1 aromatic heterocycles. The average Bonchev–Trinajstić information content (AvgIpc) is 3.09. The molecule has 6 heteroatoms. The smallest absolute Gasteiger partial charge is 0.253 e. The quantitative estimate of drug-likeness (QED) is 0.789. The van der Waals surface area contributed by atoms with Crippen molar-refractivity contribution in [3.8, 4) is 0 Å². The minimum Gasteiger partial charge on any atom is -0.376 e. The van der Waals surface area contributed by atoms with E-state index in [2.05, 4.69) is 29.4 Å². The molecule has 5 nitrogen and oxygen atoms in total. The van der Waals surface area contributed by atoms with E-state index in [1.165, 1.54) is 5.56 Å². The minimum atomic E-state index is -0.0545. The van der Waals surface area contributed by atoms with Crippen molar-refractivity contribution in [2.24, 2.45) is 0 Å². The Morgan fingerprint density at radius 1 is 1.38 bits per heavy atom. The number of hydrogen-bond donors (Lipinski definition) is 2. The number of aromatic amines is 1. The van der Waals surface area contributed by atoms with Crippen molar-refractivity contribution in [3.63, 3.8) is 0 Å². The molecule has 1 aliphatic rings. The van der Waals surface area contributed by atoms with Gasteiger partial charge in [0.05, 0.1) is 18.2 Å². The number of aromatic nitrogens is 1. The number of thiocarbonyl (C=S) groups is 1. The Hall–Kier alpha value is -1.92. The second kappa shape index (κ2) is 8.18. The van der Waals surface area contributed by atoms with Crippen LogP contribution in [0.3, 0.4) is 0 Å². The first kappa shape index (κ1) is 18.9. The molecule has 2 aromatic rings. The van der Waals surface area contributed by atoms with Crippen molar-refractivity contribution in [1.29, 1.82) is 0 Å². The van der Waals surface area contributed by atoms with E-state index < -0.39 is 0 Å². The highest BCUT2D eigenvalue weighted by molar-refractivity contribution is 7.80. The molecule has 0 bridgehead atoms. The van der Waals surface area contributed by atoms with Crippen LogP contribution in [-0.4, -0.2) is 40.8 Å². The van der Waals surface area contributed by atoms with Crippen LogP contribution in [0.25, 0.3) is 10.9 Å². The lowest BCUT2D eigenvalue weighted by Gasteiger charge is -2.28. The molecular weight excluding hydrogens is 346 g/mol. The van der Waals surface area contributed by atoms with Gasteiger partial charge in [-0.05, 0) is 68.9 Å². The van der Waals surface area contributed by atoms with Crippen molar-refractivity contribution in [2.45, 2.75) is 46.3 Å². The third-order valence-electron chi connectivity index (χ3n) is 4.79. The highest BCUT2D eigenvalue weighted by atomic mass is 32.1. The van der Waals surface area contributed by atoms with Gasteiger partial charge in [0, 0.05) is 25.3 Å². The molecule has 140 valence electrons. The first-order valence-corrected chi connectivity index (χ1v) is 9.66. The van der Waals surface area contributed by atoms with E-state index in [1.54, 1.807) is 0 Å². The number of pyridine rings is 1. The van der Waals surface area contributed by atoms with Gasteiger partial charge in [0.25, 0.3) is 5.56 Å². The SMILES string of the molecule is CCNC(=S)N(Cc1cc2cc(C)cc(C)c2[nH]c1=O)C[C@@H]1CCCO1. The summed E-state index contributed by atoms with van der Waals surface area (Å²) in [5.41, 5.74) is 3.85. The van der Waals surface area contributed by atoms with E-state index in [1.807, 2.05) is 24.8 Å². The normalized spacial score (nSPS) is 16.8. The van der Waals surface area contributed by atoms with E-state index >= 15 is 0 Å². The topological polar surface area (TPSA) is 57.4 Å². The van der Waals surface area contributed by atoms with Gasteiger partial charge in [-0.3, -0.25) is 4.79 Å². The summed E-state index contributed by atoms with van der Waals surface area (Å²) in [6, 6.07) is 6.18. The lowest BCUT2D eigenvalue weighted by Crippen LogP contribution is -2.43. The Bertz CT molecular complexity index is 856. The molecule has 0 saturated carbocycles. The third kappa shape index (κ3) is 4.24. The number of nitrogens with one attached hydrogen (secondary N) is 2. The van der Waals surface area contributed by atoms with Gasteiger partial charge in [-0.15, -0.1) is 0 Å². The van der Waals surface area contributed by atoms with Crippen LogP contribution in [0.2, 0.25) is 0 Å². The van der Waals surface area contributed by atoms with Crippen molar-refractivity contribution < 1.29 is 4.74 Å². The molecule has 0 amide bonds. The predicted octanol–water partition coefficient (Wildman–Crippen LogP) is 3.02. The summed E-state index contributed by atoms with van der Waals surface area (Å²) in [6.07, 6.45) is 2.30. The van der Waals surface area contributed by atoms with Crippen LogP contribution in [0.4, 0.5) is 0 Å². The Morgan fingerprint density at radius 2 is 2.19 bits per heavy atom. The molecule has 26 heavy (non-hydrogen) atoms. The molecule has 0 aliphatic carbocycles. The van der Waals surface area contributed by atoms with Crippen molar-refractivity contribution >= 4 is 28.2 Å². The molecule has 3 rings (SSSR count). The highest BCUT2D eigenvalue weighted by Gasteiger charge is 2.22. The minimum absolute atomic E-state index is 0.0545. The largest absolute Gasteiger partial charge is 0.376 e. The molecule has 0 radical (unpaired) electrons. The van der Waals surface area contributed by atoms with Crippen molar-refractivity contribution in [2.75, 3.05) is 19.7 Å². The van der Waals surface area contributed by atoms with Crippen molar-refractivity contribution in [1.82, 2.24) is 15.2 Å². The fraction of sp³-hybridized carbons (Fsp3) is 0.500. The Labute approximate surface area is 159 Å². The van der Waals surface area contributed by atoms with Crippen LogP contribution in [0.1, 0.15) is 36.5 Å². The summed E-state index contributed by atoms with van der Waals surface area (Å²) in [7, 11) is 0. The average molecular weight is 374 g/mol. The molecule has 1 aromatic carbocycles. The van der Waals surface area contributed by atoms with Gasteiger partial charge in [-0.2, -0.15) is 0 Å². The molecule has 1 atom stereocenters. The number of fused-ring (bicyclic) bond motifs is 1. The second-order valence-corrected chi connectivity index (χ2v) is 7.41. The molecule has 0 unspecified atom stereocenters. The monoisotopic (exact) mass is 373 g/mol. The molecule has 0 spiro atoms. The van der Waals surface area contributed by atoms with Crippen LogP contribution >= 0.6 is 12.2 Å². The maximum atomic E-state index is 12.6. The van der Waals surface area contributed by atoms with Crippen LogP contribution in [0.15, 0.2) is 23.0 Å². The summed E-state index contributed by atoms with van der Waals surface area (Å²) < 4.78 is 5.77. The third-order valence-corrected chi connectivity index (χ3v) is 5.20. The van der Waals surface area contributed by atoms with Crippen LogP contribution in [0.5, 0.6) is 0 Å². The lowest BCUT2D eigenvalue weighted by atomic mass is 10.1. The first-order chi connectivity index (χ1) is 12.5. The number of benzene rings is 1. The molecule has 1 saturated heterocycles. The highest BCUT2D eigenvalue weighted by Crippen LogP contribution is 2.19. The summed E-state index contributed by atoms with van der Waals surface area (Å²) in [4.78, 5) is 17.7. The fourth-order valence-corrected chi connectivity index (χ4v) is 3.86. The number of rotatable bonds is 5. The zero-order valence-electron chi connectivity index (χ0n) is 15.7. The number of nitrogens with zero attached hydrogens (tertiary/aromatic N) is 1. The van der Waals surface area contributed by atoms with Gasteiger partial charge in [-0.1, -0.05) is 11.6 Å². The summed E-state index contributed by atoms with van der Waals surface area (Å²) >= 11 is 5.54. The predicted molar refractivity (Wildman–Crippen MR) is 110 cm³/mol. The van der Waals surface area contributed by atoms with Crippen molar-refractivity contribution in [3.05, 3.63) is 45.2 Å². The fourth-order valence-electron chi connectivity index (χ4n) is 3.57. The van der Waals surface area contributed by atoms with E-state index in [9.17, 15) is 4.79 Å². The summed E-state index contributed by atoms with van der Waals surface area (Å²) in [5, 5.41) is 4.93. The van der Waals surface area contributed by atoms with Gasteiger partial charge in [-0.25, -0.2) is 0 Å². The van der Waals surface area contributed by atoms with Gasteiger partial charge in [0.2, 0.25) is 0 Å². The zero-order valence-corrected chi connectivity index (χ0v) is 16.5. The Balaban J connectivity index is 1.90. The molecule has 2 N–H and O–H groups in total. The summed E-state index contributed by atoms with van der Waals surface area (Å²) in [6.45, 7) is 8.86. The van der Waals surface area contributed by atoms with E-state index in [0.29, 0.717) is 18.2 Å². The molecule has 2 heterocycles. The zero-order chi connectivity index (χ0) is 18.7. The van der Waals surface area contributed by atoms with Gasteiger partial charge < -0.3 is 19.9 Å². The standard InChI is InChI=1S/C20H27N3O2S/c1-4-21-20(26)23(12-17-6-5-7-25-17)11-16-10-15-9-13(2)8-14(3)18(15)22-19(16)24/h8-10,17H,4-7,11-12H2,1-3H3,(H,21,26)(H,22,24)/t17-/m0/s1. The number of ether oxygens (including phenoxy) is 1. The van der Waals surface area contributed by atoms with Gasteiger partial charge in [0.15, 0.2) is 5.11 Å². The number of aryl methyl sites for hydroxylation is 2. The van der Waals surface area contributed by atoms with Gasteiger partial charge >= 0.3 is 0 Å². The van der Waals surface area contributed by atoms with Crippen LogP contribution < -0.4 is 10.9 Å². The maximum Gasteiger partial charge on any atom is 0.253 e. The Morgan fingerprint density at radius 3 is 2.88 bits per heavy atom. The molecular formula is C20H27N3O2S. The van der Waals surface area contributed by atoms with E-state index in [-0.39, 0.29) is 11.7 Å². The first-order valence-electron chi connectivity index (χ1n) is 9.25.